The van der Waals surface area contributed by atoms with Crippen LogP contribution in [0.4, 0.5) is 11.4 Å². The number of benzene rings is 2. The summed E-state index contributed by atoms with van der Waals surface area (Å²) in [5.74, 6) is -0.0941. The van der Waals surface area contributed by atoms with Gasteiger partial charge >= 0.3 is 0 Å². The molecule has 5 nitrogen and oxygen atoms in total. The van der Waals surface area contributed by atoms with Crippen molar-refractivity contribution in [2.45, 2.75) is 32.6 Å². The van der Waals surface area contributed by atoms with Crippen molar-refractivity contribution in [2.75, 3.05) is 16.8 Å². The average molecular weight is 399 g/mol. The third-order valence-electron chi connectivity index (χ3n) is 5.40. The molecule has 152 valence electrons. The molecule has 1 aromatic heterocycles. The van der Waals surface area contributed by atoms with E-state index in [-0.39, 0.29) is 11.8 Å². The molecule has 0 atom stereocenters. The Balaban J connectivity index is 1.46. The van der Waals surface area contributed by atoms with Crippen LogP contribution >= 0.6 is 0 Å². The normalized spacial score (nSPS) is 12.9. The van der Waals surface area contributed by atoms with E-state index >= 15 is 0 Å². The van der Waals surface area contributed by atoms with Crippen LogP contribution in [0, 0.1) is 6.92 Å². The zero-order valence-electron chi connectivity index (χ0n) is 17.1. The summed E-state index contributed by atoms with van der Waals surface area (Å²) in [6, 6.07) is 17.6. The van der Waals surface area contributed by atoms with Crippen molar-refractivity contribution in [2.24, 2.45) is 0 Å². The first-order chi connectivity index (χ1) is 14.6. The van der Waals surface area contributed by atoms with E-state index in [1.165, 1.54) is 5.56 Å². The maximum atomic E-state index is 13.0. The molecular weight excluding hydrogens is 374 g/mol. The largest absolute Gasteiger partial charge is 0.326 e. The Morgan fingerprint density at radius 3 is 2.70 bits per heavy atom. The quantitative estimate of drug-likeness (QED) is 0.684. The molecule has 2 heterocycles. The molecule has 2 aromatic carbocycles. The first kappa shape index (κ1) is 19.8. The van der Waals surface area contributed by atoms with Gasteiger partial charge in [-0.15, -0.1) is 0 Å². The minimum absolute atomic E-state index is 0.0310. The van der Waals surface area contributed by atoms with E-state index in [2.05, 4.69) is 41.5 Å². The molecule has 4 rings (SSSR count). The number of carbonyl (C=O) groups is 2. The number of hydrogen-bond acceptors (Lipinski definition) is 3. The predicted octanol–water partition coefficient (Wildman–Crippen LogP) is 4.55. The van der Waals surface area contributed by atoms with Gasteiger partial charge in [-0.3, -0.25) is 14.6 Å². The minimum atomic E-state index is -0.0631. The lowest BCUT2D eigenvalue weighted by atomic mass is 10.00. The molecule has 0 fully saturated rings. The van der Waals surface area contributed by atoms with Gasteiger partial charge in [-0.2, -0.15) is 0 Å². The van der Waals surface area contributed by atoms with E-state index < -0.39 is 0 Å². The van der Waals surface area contributed by atoms with Crippen molar-refractivity contribution in [3.05, 3.63) is 89.2 Å². The highest BCUT2D eigenvalue weighted by atomic mass is 16.2. The first-order valence-corrected chi connectivity index (χ1v) is 10.3. The van der Waals surface area contributed by atoms with Gasteiger partial charge in [0, 0.05) is 36.7 Å². The Morgan fingerprint density at radius 1 is 1.10 bits per heavy atom. The number of amides is 2. The third kappa shape index (κ3) is 4.57. The zero-order valence-corrected chi connectivity index (χ0v) is 17.1. The van der Waals surface area contributed by atoms with Gasteiger partial charge in [0.2, 0.25) is 5.91 Å². The van der Waals surface area contributed by atoms with Crippen LogP contribution in [0.15, 0.2) is 67.0 Å². The lowest BCUT2D eigenvalue weighted by molar-refractivity contribution is -0.116. The summed E-state index contributed by atoms with van der Waals surface area (Å²) in [5, 5.41) is 2.98. The number of hydrogen-bond donors (Lipinski definition) is 1. The molecule has 0 spiro atoms. The van der Waals surface area contributed by atoms with E-state index in [1.54, 1.807) is 29.4 Å². The molecule has 0 saturated carbocycles. The van der Waals surface area contributed by atoms with E-state index in [9.17, 15) is 9.59 Å². The maximum Gasteiger partial charge on any atom is 0.259 e. The predicted molar refractivity (Wildman–Crippen MR) is 119 cm³/mol. The van der Waals surface area contributed by atoms with Gasteiger partial charge in [0.15, 0.2) is 0 Å². The maximum absolute atomic E-state index is 13.0. The minimum Gasteiger partial charge on any atom is -0.326 e. The number of aryl methyl sites for hydroxylation is 3. The van der Waals surface area contributed by atoms with Crippen molar-refractivity contribution in [3.63, 3.8) is 0 Å². The Bertz CT molecular complexity index is 1050. The van der Waals surface area contributed by atoms with Gasteiger partial charge in [0.05, 0.1) is 5.56 Å². The van der Waals surface area contributed by atoms with Crippen LogP contribution in [0.1, 0.15) is 39.9 Å². The molecule has 0 unspecified atom stereocenters. The number of aromatic nitrogens is 1. The Morgan fingerprint density at radius 2 is 1.93 bits per heavy atom. The summed E-state index contributed by atoms with van der Waals surface area (Å²) in [4.78, 5) is 31.3. The Labute approximate surface area is 176 Å². The van der Waals surface area contributed by atoms with Gasteiger partial charge in [-0.25, -0.2) is 0 Å². The zero-order chi connectivity index (χ0) is 20.9. The van der Waals surface area contributed by atoms with E-state index in [4.69, 9.17) is 0 Å². The fourth-order valence-corrected chi connectivity index (χ4v) is 3.74. The molecule has 5 heteroatoms. The molecule has 30 heavy (non-hydrogen) atoms. The van der Waals surface area contributed by atoms with Crippen molar-refractivity contribution in [1.29, 1.82) is 0 Å². The second-order valence-electron chi connectivity index (χ2n) is 7.68. The van der Waals surface area contributed by atoms with Crippen LogP contribution in [0.2, 0.25) is 0 Å². The molecule has 1 aliphatic heterocycles. The van der Waals surface area contributed by atoms with Crippen molar-refractivity contribution < 1.29 is 9.59 Å². The number of anilines is 2. The summed E-state index contributed by atoms with van der Waals surface area (Å²) in [6.07, 6.45) is 6.20. The molecule has 0 radical (unpaired) electrons. The van der Waals surface area contributed by atoms with Crippen molar-refractivity contribution >= 4 is 23.2 Å². The number of nitrogens with one attached hydrogen (secondary N) is 1. The number of nitrogens with zero attached hydrogens (tertiary/aromatic N) is 2. The summed E-state index contributed by atoms with van der Waals surface area (Å²) in [7, 11) is 0. The Hall–Kier alpha value is -3.47. The molecule has 0 aliphatic carbocycles. The lowest BCUT2D eigenvalue weighted by Crippen LogP contribution is -2.35. The molecule has 2 amide bonds. The van der Waals surface area contributed by atoms with Gasteiger partial charge in [-0.1, -0.05) is 35.9 Å². The summed E-state index contributed by atoms with van der Waals surface area (Å²) < 4.78 is 0. The monoisotopic (exact) mass is 399 g/mol. The molecule has 1 N–H and O–H groups in total. The third-order valence-corrected chi connectivity index (χ3v) is 5.40. The first-order valence-electron chi connectivity index (χ1n) is 10.3. The standard InChI is InChI=1S/C25H25N3O2/c1-18-6-8-19(9-7-18)10-13-24(29)27-22-12-11-20-5-3-15-28(23(20)16-22)25(30)21-4-2-14-26-17-21/h2,4,6-9,11-12,14,16-17H,3,5,10,13,15H2,1H3,(H,27,29). The number of pyridine rings is 1. The second kappa shape index (κ2) is 8.91. The van der Waals surface area contributed by atoms with Gasteiger partial charge < -0.3 is 10.2 Å². The highest BCUT2D eigenvalue weighted by molar-refractivity contribution is 6.07. The fraction of sp³-hybridized carbons (Fsp3) is 0.240. The van der Waals surface area contributed by atoms with Crippen LogP contribution in [0.25, 0.3) is 0 Å². The summed E-state index contributed by atoms with van der Waals surface area (Å²) >= 11 is 0. The highest BCUT2D eigenvalue weighted by Crippen LogP contribution is 2.31. The van der Waals surface area contributed by atoms with E-state index in [1.807, 2.05) is 18.2 Å². The van der Waals surface area contributed by atoms with Gasteiger partial charge in [0.1, 0.15) is 0 Å². The number of rotatable bonds is 5. The average Bonchev–Trinajstić information content (AvgIpc) is 2.78. The van der Waals surface area contributed by atoms with Crippen molar-refractivity contribution in [3.8, 4) is 0 Å². The number of fused-ring (bicyclic) bond motifs is 1. The Kier molecular flexibility index (Phi) is 5.89. The van der Waals surface area contributed by atoms with E-state index in [0.717, 1.165) is 29.7 Å². The fourth-order valence-electron chi connectivity index (χ4n) is 3.74. The van der Waals surface area contributed by atoms with Gasteiger partial charge in [-0.05, 0) is 61.6 Å². The number of carbonyl (C=O) groups excluding carboxylic acids is 2. The molecule has 0 bridgehead atoms. The van der Waals surface area contributed by atoms with Crippen molar-refractivity contribution in [1.82, 2.24) is 4.98 Å². The molecule has 3 aromatic rings. The molecule has 0 saturated heterocycles. The second-order valence-corrected chi connectivity index (χ2v) is 7.68. The van der Waals surface area contributed by atoms with Crippen LogP contribution in [-0.4, -0.2) is 23.3 Å². The summed E-state index contributed by atoms with van der Waals surface area (Å²) in [5.41, 5.74) is 5.63. The van der Waals surface area contributed by atoms with E-state index in [0.29, 0.717) is 30.6 Å². The highest BCUT2D eigenvalue weighted by Gasteiger charge is 2.24. The smallest absolute Gasteiger partial charge is 0.259 e. The molecular formula is C25H25N3O2. The summed E-state index contributed by atoms with van der Waals surface area (Å²) in [6.45, 7) is 2.71. The van der Waals surface area contributed by atoms with Crippen LogP contribution in [0.5, 0.6) is 0 Å². The molecule has 1 aliphatic rings. The SMILES string of the molecule is Cc1ccc(CCC(=O)Nc2ccc3c(c2)N(C(=O)c2cccnc2)CCC3)cc1. The topological polar surface area (TPSA) is 62.3 Å². The lowest BCUT2D eigenvalue weighted by Gasteiger charge is -2.30. The van der Waals surface area contributed by atoms with Crippen LogP contribution < -0.4 is 10.2 Å². The van der Waals surface area contributed by atoms with Crippen LogP contribution in [0.3, 0.4) is 0 Å². The van der Waals surface area contributed by atoms with Crippen LogP contribution in [-0.2, 0) is 17.6 Å². The van der Waals surface area contributed by atoms with Gasteiger partial charge in [0.25, 0.3) is 5.91 Å².